The van der Waals surface area contributed by atoms with Crippen molar-refractivity contribution in [1.82, 2.24) is 29.4 Å². The normalized spacial score (nSPS) is 21.2. The van der Waals surface area contributed by atoms with E-state index >= 15 is 0 Å². The van der Waals surface area contributed by atoms with Crippen LogP contribution in [0.1, 0.15) is 33.9 Å². The minimum atomic E-state index is -0.331. The first-order valence-electron chi connectivity index (χ1n) is 9.32. The van der Waals surface area contributed by atoms with Crippen molar-refractivity contribution >= 4 is 33.2 Å². The smallest absolute Gasteiger partial charge is 0.348 e. The number of hydrogen-bond donors (Lipinski definition) is 0. The molecular weight excluding hydrogens is 364 g/mol. The molecule has 2 aliphatic heterocycles. The summed E-state index contributed by atoms with van der Waals surface area (Å²) in [6.07, 6.45) is 4.29. The number of esters is 1. The minimum Gasteiger partial charge on any atom is -0.465 e. The summed E-state index contributed by atoms with van der Waals surface area (Å²) in [5.41, 5.74) is 1.62. The summed E-state index contributed by atoms with van der Waals surface area (Å²) >= 11 is 1.34. The second kappa shape index (κ2) is 6.50. The van der Waals surface area contributed by atoms with E-state index in [-0.39, 0.29) is 5.97 Å². The summed E-state index contributed by atoms with van der Waals surface area (Å²) in [5, 5.41) is 5.53. The van der Waals surface area contributed by atoms with Crippen molar-refractivity contribution < 1.29 is 9.53 Å². The van der Waals surface area contributed by atoms with Crippen LogP contribution in [0.3, 0.4) is 0 Å². The number of rotatable bonds is 3. The molecule has 1 atom stereocenters. The Hall–Kier alpha value is -2.10. The van der Waals surface area contributed by atoms with Gasteiger partial charge in [-0.15, -0.1) is 16.4 Å². The highest BCUT2D eigenvalue weighted by atomic mass is 32.1. The Morgan fingerprint density at radius 2 is 2.26 bits per heavy atom. The number of fused-ring (bicyclic) bond motifs is 4. The Labute approximate surface area is 160 Å². The van der Waals surface area contributed by atoms with Gasteiger partial charge in [0.2, 0.25) is 0 Å². The van der Waals surface area contributed by atoms with E-state index in [4.69, 9.17) is 9.72 Å². The fourth-order valence-electron chi connectivity index (χ4n) is 4.33. The summed E-state index contributed by atoms with van der Waals surface area (Å²) in [6, 6.07) is 0.686. The van der Waals surface area contributed by atoms with Gasteiger partial charge in [-0.1, -0.05) is 0 Å². The zero-order valence-electron chi connectivity index (χ0n) is 15.5. The summed E-state index contributed by atoms with van der Waals surface area (Å²) < 4.78 is 6.62. The first-order valence-corrected chi connectivity index (χ1v) is 10.1. The molecule has 0 amide bonds. The van der Waals surface area contributed by atoms with Crippen molar-refractivity contribution in [3.8, 4) is 0 Å². The van der Waals surface area contributed by atoms with Crippen molar-refractivity contribution in [3.05, 3.63) is 22.6 Å². The summed E-state index contributed by atoms with van der Waals surface area (Å²) in [4.78, 5) is 27.7. The molecule has 2 saturated heterocycles. The maximum absolute atomic E-state index is 12.0. The lowest BCUT2D eigenvalue weighted by molar-refractivity contribution is 0.0605. The van der Waals surface area contributed by atoms with E-state index in [0.29, 0.717) is 10.9 Å². The monoisotopic (exact) mass is 386 g/mol. The Morgan fingerprint density at radius 1 is 1.37 bits per heavy atom. The van der Waals surface area contributed by atoms with E-state index in [1.807, 2.05) is 6.92 Å². The molecule has 0 aromatic carbocycles. The van der Waals surface area contributed by atoms with Crippen molar-refractivity contribution in [1.29, 1.82) is 0 Å². The van der Waals surface area contributed by atoms with Gasteiger partial charge in [0, 0.05) is 25.7 Å². The molecular formula is C18H22N6O2S. The van der Waals surface area contributed by atoms with Gasteiger partial charge in [-0.25, -0.2) is 19.3 Å². The molecule has 27 heavy (non-hydrogen) atoms. The van der Waals surface area contributed by atoms with Crippen LogP contribution < -0.4 is 0 Å². The third-order valence-electron chi connectivity index (χ3n) is 5.72. The number of piperazine rings is 1. The van der Waals surface area contributed by atoms with Gasteiger partial charge in [0.1, 0.15) is 16.0 Å². The van der Waals surface area contributed by atoms with Gasteiger partial charge in [0.05, 0.1) is 19.0 Å². The van der Waals surface area contributed by atoms with Crippen LogP contribution in [-0.2, 0) is 11.3 Å². The molecule has 142 valence electrons. The maximum Gasteiger partial charge on any atom is 0.348 e. The molecule has 2 fully saturated rings. The van der Waals surface area contributed by atoms with E-state index in [0.717, 1.165) is 53.4 Å². The fraction of sp³-hybridized carbons (Fsp3) is 0.556. The average Bonchev–Trinajstić information content (AvgIpc) is 3.37. The number of carbonyl (C=O) groups is 1. The topological polar surface area (TPSA) is 75.9 Å². The standard InChI is InChI=1S/C18H22N6O2S/c1-11-14-16-20-13(9-22-6-7-23-5-3-4-12(23)8-22)21-24(16)10-19-17(14)27-15(11)18(25)26-2/h10,12H,3-9H2,1-2H3. The quantitative estimate of drug-likeness (QED) is 0.634. The molecule has 2 aliphatic rings. The fourth-order valence-corrected chi connectivity index (χ4v) is 5.39. The average molecular weight is 386 g/mol. The Kier molecular flexibility index (Phi) is 4.10. The highest BCUT2D eigenvalue weighted by Gasteiger charge is 2.31. The number of aryl methyl sites for hydroxylation is 1. The number of methoxy groups -OCH3 is 1. The number of carbonyl (C=O) groups excluding carboxylic acids is 1. The largest absolute Gasteiger partial charge is 0.465 e. The van der Waals surface area contributed by atoms with Gasteiger partial charge in [-0.2, -0.15) is 0 Å². The van der Waals surface area contributed by atoms with E-state index in [9.17, 15) is 4.79 Å². The first-order chi connectivity index (χ1) is 13.1. The zero-order chi connectivity index (χ0) is 18.5. The third-order valence-corrected chi connectivity index (χ3v) is 6.90. The Bertz CT molecular complexity index is 1030. The molecule has 3 aromatic heterocycles. The SMILES string of the molecule is COC(=O)c1sc2ncn3nc(CN4CCN5CCCC5C4)nc3c2c1C. The van der Waals surface area contributed by atoms with Crippen LogP contribution in [0.25, 0.3) is 15.9 Å². The van der Waals surface area contributed by atoms with E-state index in [2.05, 4.69) is 19.9 Å². The van der Waals surface area contributed by atoms with Gasteiger partial charge in [-0.05, 0) is 31.9 Å². The highest BCUT2D eigenvalue weighted by Crippen LogP contribution is 2.32. The predicted octanol–water partition coefficient (Wildman–Crippen LogP) is 1.71. The number of aromatic nitrogens is 4. The molecule has 9 heteroatoms. The van der Waals surface area contributed by atoms with Gasteiger partial charge in [0.25, 0.3) is 0 Å². The minimum absolute atomic E-state index is 0.331. The Morgan fingerprint density at radius 3 is 3.11 bits per heavy atom. The number of nitrogens with zero attached hydrogens (tertiary/aromatic N) is 6. The number of ether oxygens (including phenoxy) is 1. The van der Waals surface area contributed by atoms with Gasteiger partial charge in [-0.3, -0.25) is 9.80 Å². The molecule has 3 aromatic rings. The Balaban J connectivity index is 1.47. The number of hydrogen-bond acceptors (Lipinski definition) is 8. The molecule has 0 aliphatic carbocycles. The van der Waals surface area contributed by atoms with Gasteiger partial charge in [0.15, 0.2) is 11.5 Å². The summed E-state index contributed by atoms with van der Waals surface area (Å²) in [6.45, 7) is 7.20. The van der Waals surface area contributed by atoms with Crippen molar-refractivity contribution in [2.75, 3.05) is 33.3 Å². The predicted molar refractivity (Wildman–Crippen MR) is 102 cm³/mol. The van der Waals surface area contributed by atoms with Crippen LogP contribution >= 0.6 is 11.3 Å². The summed E-state index contributed by atoms with van der Waals surface area (Å²) in [5.74, 6) is 0.476. The molecule has 0 radical (unpaired) electrons. The van der Waals surface area contributed by atoms with E-state index in [1.54, 1.807) is 10.8 Å². The molecule has 8 nitrogen and oxygen atoms in total. The third kappa shape index (κ3) is 2.81. The molecule has 0 spiro atoms. The molecule has 5 rings (SSSR count). The molecule has 0 bridgehead atoms. The van der Waals surface area contributed by atoms with E-state index < -0.39 is 0 Å². The lowest BCUT2D eigenvalue weighted by Crippen LogP contribution is -2.49. The number of thiophene rings is 1. The van der Waals surface area contributed by atoms with Crippen LogP contribution in [0.4, 0.5) is 0 Å². The van der Waals surface area contributed by atoms with E-state index in [1.165, 1.54) is 37.8 Å². The van der Waals surface area contributed by atoms with Crippen LogP contribution in [0.5, 0.6) is 0 Å². The lowest BCUT2D eigenvalue weighted by atomic mass is 10.1. The van der Waals surface area contributed by atoms with Crippen LogP contribution in [0.15, 0.2) is 6.33 Å². The van der Waals surface area contributed by atoms with Crippen LogP contribution in [0, 0.1) is 6.92 Å². The van der Waals surface area contributed by atoms with Crippen molar-refractivity contribution in [3.63, 3.8) is 0 Å². The second-order valence-electron chi connectivity index (χ2n) is 7.34. The zero-order valence-corrected chi connectivity index (χ0v) is 16.3. The van der Waals surface area contributed by atoms with Gasteiger partial charge >= 0.3 is 5.97 Å². The maximum atomic E-state index is 12.0. The molecule has 0 N–H and O–H groups in total. The molecule has 0 saturated carbocycles. The summed E-state index contributed by atoms with van der Waals surface area (Å²) in [7, 11) is 1.40. The van der Waals surface area contributed by atoms with Crippen LogP contribution in [0.2, 0.25) is 0 Å². The second-order valence-corrected chi connectivity index (χ2v) is 8.33. The molecule has 5 heterocycles. The molecule has 1 unspecified atom stereocenters. The van der Waals surface area contributed by atoms with Crippen LogP contribution in [-0.4, -0.2) is 74.7 Å². The van der Waals surface area contributed by atoms with Gasteiger partial charge < -0.3 is 4.74 Å². The highest BCUT2D eigenvalue weighted by molar-refractivity contribution is 7.20. The lowest BCUT2D eigenvalue weighted by Gasteiger charge is -2.36. The first kappa shape index (κ1) is 17.0. The van der Waals surface area contributed by atoms with Crippen molar-refractivity contribution in [2.24, 2.45) is 0 Å². The van der Waals surface area contributed by atoms with Crippen molar-refractivity contribution in [2.45, 2.75) is 32.4 Å².